The summed E-state index contributed by atoms with van der Waals surface area (Å²) >= 11 is 0. The van der Waals surface area contributed by atoms with Crippen LogP contribution in [0.15, 0.2) is 49.6 Å². The number of benzene rings is 1. The molecule has 0 aliphatic carbocycles. The zero-order chi connectivity index (χ0) is 13.7. The molecule has 0 bridgehead atoms. The van der Waals surface area contributed by atoms with Gasteiger partial charge < -0.3 is 0 Å². The molecule has 0 radical (unpaired) electrons. The van der Waals surface area contributed by atoms with Crippen LogP contribution < -0.4 is 0 Å². The van der Waals surface area contributed by atoms with Crippen molar-refractivity contribution in [3.05, 3.63) is 75.4 Å². The summed E-state index contributed by atoms with van der Waals surface area (Å²) < 4.78 is 0. The number of non-ortho nitro benzene ring substituents is 1. The molecule has 92 valence electrons. The van der Waals surface area contributed by atoms with Crippen LogP contribution in [0.25, 0.3) is 5.57 Å². The van der Waals surface area contributed by atoms with Crippen molar-refractivity contribution >= 4 is 16.9 Å². The van der Waals surface area contributed by atoms with E-state index in [1.807, 2.05) is 0 Å². The molecule has 0 unspecified atom stereocenters. The van der Waals surface area contributed by atoms with Crippen LogP contribution in [-0.2, 0) is 0 Å². The van der Waals surface area contributed by atoms with Crippen molar-refractivity contribution in [2.45, 2.75) is 0 Å². The van der Waals surface area contributed by atoms with Crippen LogP contribution in [0.1, 0.15) is 5.56 Å². The van der Waals surface area contributed by atoms with Gasteiger partial charge in [0.25, 0.3) is 11.4 Å². The first-order valence-corrected chi connectivity index (χ1v) is 4.89. The first kappa shape index (κ1) is 13.3. The summed E-state index contributed by atoms with van der Waals surface area (Å²) in [5.74, 6) is 0. The van der Waals surface area contributed by atoms with E-state index >= 15 is 0 Å². The minimum absolute atomic E-state index is 0.264. The molecule has 0 atom stereocenters. The van der Waals surface area contributed by atoms with Crippen LogP contribution in [0, 0.1) is 20.2 Å². The van der Waals surface area contributed by atoms with Crippen molar-refractivity contribution in [1.29, 1.82) is 0 Å². The Hall–Kier alpha value is -2.76. The molecule has 1 aromatic rings. The Bertz CT molecular complexity index is 561. The van der Waals surface area contributed by atoms with Gasteiger partial charge in [-0.15, -0.1) is 0 Å². The highest BCUT2D eigenvalue weighted by atomic mass is 16.6. The van der Waals surface area contributed by atoms with E-state index in [4.69, 9.17) is 0 Å². The van der Waals surface area contributed by atoms with Gasteiger partial charge in [0.15, 0.2) is 0 Å². The second kappa shape index (κ2) is 5.53. The molecular formula is C12H10N2O4. The number of hydrogen-bond acceptors (Lipinski definition) is 4. The highest BCUT2D eigenvalue weighted by molar-refractivity contribution is 5.80. The predicted octanol–water partition coefficient (Wildman–Crippen LogP) is 3.26. The summed E-state index contributed by atoms with van der Waals surface area (Å²) in [6.45, 7) is 7.03. The number of nitro groups is 2. The van der Waals surface area contributed by atoms with Crippen LogP contribution in [-0.4, -0.2) is 9.85 Å². The Labute approximate surface area is 103 Å². The molecule has 0 aromatic heterocycles. The van der Waals surface area contributed by atoms with Crippen LogP contribution in [0.3, 0.4) is 0 Å². The van der Waals surface area contributed by atoms with Gasteiger partial charge in [0, 0.05) is 6.07 Å². The first-order valence-electron chi connectivity index (χ1n) is 4.89. The SMILES string of the molecule is C=C/C=C(\C=C)c1ccc([N+](=O)[O-])cc1[N+](=O)[O-]. The monoisotopic (exact) mass is 246 g/mol. The fraction of sp³-hybridized carbons (Fsp3) is 0. The summed E-state index contributed by atoms with van der Waals surface area (Å²) in [6.07, 6.45) is 4.43. The van der Waals surface area contributed by atoms with Gasteiger partial charge in [-0.05, 0) is 11.6 Å². The van der Waals surface area contributed by atoms with E-state index in [9.17, 15) is 20.2 Å². The van der Waals surface area contributed by atoms with E-state index in [2.05, 4.69) is 13.2 Å². The van der Waals surface area contributed by atoms with Gasteiger partial charge in [0.1, 0.15) is 0 Å². The van der Waals surface area contributed by atoms with E-state index < -0.39 is 9.85 Å². The average Bonchev–Trinajstić information content (AvgIpc) is 2.35. The predicted molar refractivity (Wildman–Crippen MR) is 68.1 cm³/mol. The van der Waals surface area contributed by atoms with Gasteiger partial charge >= 0.3 is 0 Å². The largest absolute Gasteiger partial charge is 0.284 e. The van der Waals surface area contributed by atoms with E-state index in [1.165, 1.54) is 24.3 Å². The van der Waals surface area contributed by atoms with E-state index in [0.29, 0.717) is 5.57 Å². The molecule has 0 saturated carbocycles. The van der Waals surface area contributed by atoms with E-state index in [-0.39, 0.29) is 16.9 Å². The zero-order valence-electron chi connectivity index (χ0n) is 9.41. The maximum atomic E-state index is 10.9. The molecule has 0 spiro atoms. The minimum Gasteiger partial charge on any atom is -0.258 e. The number of allylic oxidation sites excluding steroid dienone is 4. The Balaban J connectivity index is 3.49. The number of rotatable bonds is 5. The topological polar surface area (TPSA) is 86.3 Å². The summed E-state index contributed by atoms with van der Waals surface area (Å²) in [6, 6.07) is 3.46. The second-order valence-corrected chi connectivity index (χ2v) is 3.28. The summed E-state index contributed by atoms with van der Waals surface area (Å²) in [5, 5.41) is 21.5. The van der Waals surface area contributed by atoms with Crippen LogP contribution in [0.2, 0.25) is 0 Å². The minimum atomic E-state index is -0.679. The molecule has 18 heavy (non-hydrogen) atoms. The van der Waals surface area contributed by atoms with Gasteiger partial charge in [-0.25, -0.2) is 0 Å². The van der Waals surface area contributed by atoms with E-state index in [0.717, 1.165) is 6.07 Å². The molecule has 0 fully saturated rings. The third-order valence-electron chi connectivity index (χ3n) is 2.22. The average molecular weight is 246 g/mol. The van der Waals surface area contributed by atoms with Crippen LogP contribution >= 0.6 is 0 Å². The Morgan fingerprint density at radius 2 is 1.83 bits per heavy atom. The summed E-state index contributed by atoms with van der Waals surface area (Å²) in [5.41, 5.74) is 0.0803. The molecule has 0 amide bonds. The number of nitrogens with zero attached hydrogens (tertiary/aromatic N) is 2. The molecule has 6 nitrogen and oxygen atoms in total. The number of hydrogen-bond donors (Lipinski definition) is 0. The van der Waals surface area contributed by atoms with Gasteiger partial charge in [-0.2, -0.15) is 0 Å². The van der Waals surface area contributed by atoms with E-state index in [1.54, 1.807) is 6.08 Å². The molecule has 0 aliphatic rings. The zero-order valence-corrected chi connectivity index (χ0v) is 9.41. The second-order valence-electron chi connectivity index (χ2n) is 3.28. The van der Waals surface area contributed by atoms with Crippen molar-refractivity contribution in [2.75, 3.05) is 0 Å². The maximum absolute atomic E-state index is 10.9. The quantitative estimate of drug-likeness (QED) is 0.453. The summed E-state index contributed by atoms with van der Waals surface area (Å²) in [4.78, 5) is 20.2. The van der Waals surface area contributed by atoms with Crippen LogP contribution in [0.5, 0.6) is 0 Å². The van der Waals surface area contributed by atoms with Gasteiger partial charge in [0.2, 0.25) is 0 Å². The van der Waals surface area contributed by atoms with Crippen molar-refractivity contribution < 1.29 is 9.85 Å². The van der Waals surface area contributed by atoms with Crippen molar-refractivity contribution in [1.82, 2.24) is 0 Å². The fourth-order valence-electron chi connectivity index (χ4n) is 1.42. The molecule has 0 aliphatic heterocycles. The lowest BCUT2D eigenvalue weighted by Crippen LogP contribution is -1.96. The van der Waals surface area contributed by atoms with Gasteiger partial charge in [-0.3, -0.25) is 20.2 Å². The molecule has 0 heterocycles. The lowest BCUT2D eigenvalue weighted by Gasteiger charge is -2.03. The van der Waals surface area contributed by atoms with Crippen molar-refractivity contribution in [3.8, 4) is 0 Å². The molecule has 1 aromatic carbocycles. The lowest BCUT2D eigenvalue weighted by molar-refractivity contribution is -0.394. The first-order chi connectivity index (χ1) is 8.51. The normalized spacial score (nSPS) is 10.8. The fourth-order valence-corrected chi connectivity index (χ4v) is 1.42. The molecule has 0 saturated heterocycles. The standard InChI is InChI=1S/C12H10N2O4/c1-3-5-9(4-2)11-7-6-10(13(15)16)8-12(11)14(17)18/h3-8H,1-2H2/b9-5+. The van der Waals surface area contributed by atoms with Gasteiger partial charge in [-0.1, -0.05) is 31.4 Å². The van der Waals surface area contributed by atoms with Gasteiger partial charge in [0.05, 0.1) is 21.5 Å². The molecule has 6 heteroatoms. The third kappa shape index (κ3) is 2.67. The summed E-state index contributed by atoms with van der Waals surface area (Å²) in [7, 11) is 0. The third-order valence-corrected chi connectivity index (χ3v) is 2.22. The molecular weight excluding hydrogens is 236 g/mol. The maximum Gasteiger partial charge on any atom is 0.284 e. The van der Waals surface area contributed by atoms with Crippen molar-refractivity contribution in [3.63, 3.8) is 0 Å². The van der Waals surface area contributed by atoms with Crippen LogP contribution in [0.4, 0.5) is 11.4 Å². The highest BCUT2D eigenvalue weighted by Crippen LogP contribution is 2.30. The Kier molecular flexibility index (Phi) is 4.09. The molecule has 1 rings (SSSR count). The Morgan fingerprint density at radius 1 is 1.17 bits per heavy atom. The highest BCUT2D eigenvalue weighted by Gasteiger charge is 2.20. The number of nitro benzene ring substituents is 2. The lowest BCUT2D eigenvalue weighted by atomic mass is 10.0. The van der Waals surface area contributed by atoms with Crippen molar-refractivity contribution in [2.24, 2.45) is 0 Å². The Morgan fingerprint density at radius 3 is 2.28 bits per heavy atom. The smallest absolute Gasteiger partial charge is 0.258 e. The molecule has 0 N–H and O–H groups in total.